The number of carboxylic acid groups (broad SMARTS) is 1. The highest BCUT2D eigenvalue weighted by molar-refractivity contribution is 5.96. The molecule has 0 fully saturated rings. The maximum absolute atomic E-state index is 12.9. The molecular weight excluding hydrogens is 478 g/mol. The summed E-state index contributed by atoms with van der Waals surface area (Å²) in [6, 6.07) is -4.96. The third kappa shape index (κ3) is 14.2. The van der Waals surface area contributed by atoms with Crippen molar-refractivity contribution in [2.75, 3.05) is 13.1 Å². The van der Waals surface area contributed by atoms with Crippen LogP contribution in [0.25, 0.3) is 0 Å². The Balaban J connectivity index is 5.43. The SMILES string of the molecule is CC(NC(=O)C(CC(N)=O)NC(=O)C(CCCN=C(N)N)NC(=O)C(N)CCCN=C(N)N)C(=O)O. The van der Waals surface area contributed by atoms with Crippen LogP contribution in [0, 0.1) is 0 Å². The predicted molar refractivity (Wildman–Crippen MR) is 131 cm³/mol. The van der Waals surface area contributed by atoms with Gasteiger partial charge in [-0.2, -0.15) is 0 Å². The molecule has 0 aromatic carbocycles. The zero-order valence-electron chi connectivity index (χ0n) is 20.1. The highest BCUT2D eigenvalue weighted by Crippen LogP contribution is 2.04. The van der Waals surface area contributed by atoms with Crippen molar-refractivity contribution in [3.63, 3.8) is 0 Å². The molecule has 0 heterocycles. The average molecular weight is 516 g/mol. The van der Waals surface area contributed by atoms with Gasteiger partial charge in [-0.3, -0.25) is 34.0 Å². The summed E-state index contributed by atoms with van der Waals surface area (Å²) >= 11 is 0. The molecule has 204 valence electrons. The molecule has 17 nitrogen and oxygen atoms in total. The van der Waals surface area contributed by atoms with Gasteiger partial charge < -0.3 is 55.5 Å². The van der Waals surface area contributed by atoms with Crippen LogP contribution in [0.5, 0.6) is 0 Å². The van der Waals surface area contributed by atoms with Crippen LogP contribution in [0.2, 0.25) is 0 Å². The number of nitrogens with one attached hydrogen (secondary N) is 3. The van der Waals surface area contributed by atoms with Gasteiger partial charge in [-0.15, -0.1) is 0 Å². The fraction of sp³-hybridized carbons (Fsp3) is 0.632. The van der Waals surface area contributed by atoms with Gasteiger partial charge in [0, 0.05) is 13.1 Å². The molecule has 36 heavy (non-hydrogen) atoms. The summed E-state index contributed by atoms with van der Waals surface area (Å²) in [5, 5.41) is 15.9. The lowest BCUT2D eigenvalue weighted by Crippen LogP contribution is -2.57. The number of rotatable bonds is 17. The van der Waals surface area contributed by atoms with Crippen molar-refractivity contribution in [3.8, 4) is 0 Å². The summed E-state index contributed by atoms with van der Waals surface area (Å²) in [5.74, 6) is -4.94. The summed E-state index contributed by atoms with van der Waals surface area (Å²) in [5.41, 5.74) is 32.1. The number of primary amides is 1. The molecule has 0 radical (unpaired) electrons. The van der Waals surface area contributed by atoms with Gasteiger partial charge >= 0.3 is 5.97 Å². The van der Waals surface area contributed by atoms with E-state index in [0.717, 1.165) is 0 Å². The van der Waals surface area contributed by atoms with E-state index in [4.69, 9.17) is 39.5 Å². The first-order chi connectivity index (χ1) is 16.7. The number of hydrogen-bond donors (Lipinski definition) is 10. The van der Waals surface area contributed by atoms with E-state index in [1.165, 1.54) is 6.92 Å². The highest BCUT2D eigenvalue weighted by atomic mass is 16.4. The van der Waals surface area contributed by atoms with E-state index in [1.54, 1.807) is 0 Å². The Labute approximate surface area is 207 Å². The molecule has 4 amide bonds. The van der Waals surface area contributed by atoms with Gasteiger partial charge in [-0.1, -0.05) is 0 Å². The van der Waals surface area contributed by atoms with Gasteiger partial charge in [0.15, 0.2) is 11.9 Å². The maximum atomic E-state index is 12.9. The van der Waals surface area contributed by atoms with Crippen LogP contribution in [-0.4, -0.2) is 83.9 Å². The zero-order valence-corrected chi connectivity index (χ0v) is 20.1. The largest absolute Gasteiger partial charge is 0.480 e. The summed E-state index contributed by atoms with van der Waals surface area (Å²) in [4.78, 5) is 68.0. The molecule has 4 atom stereocenters. The molecule has 0 aliphatic heterocycles. The van der Waals surface area contributed by atoms with Crippen LogP contribution in [0.3, 0.4) is 0 Å². The molecule has 0 spiro atoms. The van der Waals surface area contributed by atoms with E-state index in [1.807, 2.05) is 0 Å². The van der Waals surface area contributed by atoms with Crippen molar-refractivity contribution in [2.45, 2.75) is 63.2 Å². The smallest absolute Gasteiger partial charge is 0.325 e. The van der Waals surface area contributed by atoms with Crippen molar-refractivity contribution >= 4 is 41.5 Å². The third-order valence-electron chi connectivity index (χ3n) is 4.65. The van der Waals surface area contributed by atoms with Gasteiger partial charge in [0.1, 0.15) is 18.1 Å². The lowest BCUT2D eigenvalue weighted by atomic mass is 10.1. The van der Waals surface area contributed by atoms with Crippen molar-refractivity contribution in [3.05, 3.63) is 0 Å². The number of guanidine groups is 2. The molecular formula is C19H37N11O6. The molecule has 0 saturated heterocycles. The molecule has 0 aliphatic carbocycles. The van der Waals surface area contributed by atoms with Gasteiger partial charge in [-0.05, 0) is 32.6 Å². The number of nitrogens with zero attached hydrogens (tertiary/aromatic N) is 2. The lowest BCUT2D eigenvalue weighted by molar-refractivity contribution is -0.142. The topological polar surface area (TPSA) is 323 Å². The van der Waals surface area contributed by atoms with Crippen LogP contribution in [0.4, 0.5) is 0 Å². The second-order valence-electron chi connectivity index (χ2n) is 7.87. The Morgan fingerprint density at radius 2 is 1.22 bits per heavy atom. The van der Waals surface area contributed by atoms with Crippen molar-refractivity contribution in [2.24, 2.45) is 44.4 Å². The summed E-state index contributed by atoms with van der Waals surface area (Å²) < 4.78 is 0. The van der Waals surface area contributed by atoms with E-state index < -0.39 is 60.2 Å². The van der Waals surface area contributed by atoms with Crippen molar-refractivity contribution in [1.82, 2.24) is 16.0 Å². The predicted octanol–water partition coefficient (Wildman–Crippen LogP) is -5.14. The first-order valence-electron chi connectivity index (χ1n) is 11.0. The monoisotopic (exact) mass is 515 g/mol. The van der Waals surface area contributed by atoms with Crippen LogP contribution in [0.15, 0.2) is 9.98 Å². The molecule has 0 saturated carbocycles. The molecule has 0 aromatic heterocycles. The number of carboxylic acids is 1. The standard InChI is InChI=1S/C19H37N11O6/c1-9(17(35)36)28-16(34)12(8-13(21)31)30-15(33)11(5-3-7-27-19(24)25)29-14(32)10(20)4-2-6-26-18(22)23/h9-12H,2-8,20H2,1H3,(H2,21,31)(H,28,34)(H,29,32)(H,30,33)(H,35,36)(H4,22,23,26)(H4,24,25,27). The fourth-order valence-corrected chi connectivity index (χ4v) is 2.76. The van der Waals surface area contributed by atoms with Crippen LogP contribution < -0.4 is 50.4 Å². The minimum Gasteiger partial charge on any atom is -0.480 e. The van der Waals surface area contributed by atoms with Gasteiger partial charge in [-0.25, -0.2) is 0 Å². The number of carbonyl (C=O) groups is 5. The molecule has 16 N–H and O–H groups in total. The van der Waals surface area contributed by atoms with Crippen LogP contribution >= 0.6 is 0 Å². The Bertz CT molecular complexity index is 840. The van der Waals surface area contributed by atoms with E-state index in [-0.39, 0.29) is 44.3 Å². The number of aliphatic carboxylic acids is 1. The van der Waals surface area contributed by atoms with Crippen molar-refractivity contribution in [1.29, 1.82) is 0 Å². The van der Waals surface area contributed by atoms with Crippen LogP contribution in [-0.2, 0) is 24.0 Å². The maximum Gasteiger partial charge on any atom is 0.325 e. The number of nitrogens with two attached hydrogens (primary N) is 6. The Hall–Kier alpha value is -4.15. The molecule has 4 unspecified atom stereocenters. The molecule has 0 rings (SSSR count). The zero-order chi connectivity index (χ0) is 27.8. The van der Waals surface area contributed by atoms with Gasteiger partial charge in [0.2, 0.25) is 23.6 Å². The Morgan fingerprint density at radius 3 is 1.69 bits per heavy atom. The second-order valence-corrected chi connectivity index (χ2v) is 7.87. The Kier molecular flexibility index (Phi) is 14.6. The van der Waals surface area contributed by atoms with Crippen LogP contribution in [0.1, 0.15) is 39.0 Å². The Morgan fingerprint density at radius 1 is 0.750 bits per heavy atom. The highest BCUT2D eigenvalue weighted by Gasteiger charge is 2.30. The molecule has 17 heteroatoms. The number of amides is 4. The minimum absolute atomic E-state index is 0.0471. The molecule has 0 aliphatic rings. The van der Waals surface area contributed by atoms with Crippen molar-refractivity contribution < 1.29 is 29.1 Å². The summed E-state index contributed by atoms with van der Waals surface area (Å²) in [7, 11) is 0. The third-order valence-corrected chi connectivity index (χ3v) is 4.65. The lowest BCUT2D eigenvalue weighted by Gasteiger charge is -2.24. The van der Waals surface area contributed by atoms with Gasteiger partial charge in [0.05, 0.1) is 12.5 Å². The normalized spacial score (nSPS) is 13.7. The van der Waals surface area contributed by atoms with Gasteiger partial charge in [0.25, 0.3) is 0 Å². The van der Waals surface area contributed by atoms with E-state index in [9.17, 15) is 24.0 Å². The van der Waals surface area contributed by atoms with E-state index in [0.29, 0.717) is 6.42 Å². The first kappa shape index (κ1) is 31.8. The number of hydrogen-bond acceptors (Lipinski definition) is 8. The first-order valence-corrected chi connectivity index (χ1v) is 11.0. The number of aliphatic imine (C=N–C) groups is 2. The second kappa shape index (κ2) is 16.5. The summed E-state index contributed by atoms with van der Waals surface area (Å²) in [6.45, 7) is 1.60. The average Bonchev–Trinajstić information content (AvgIpc) is 2.76. The summed E-state index contributed by atoms with van der Waals surface area (Å²) in [6.07, 6.45) is 0.314. The van der Waals surface area contributed by atoms with E-state index in [2.05, 4.69) is 25.9 Å². The molecule has 0 aromatic rings. The minimum atomic E-state index is -1.48. The molecule has 0 bridgehead atoms. The van der Waals surface area contributed by atoms with E-state index >= 15 is 0 Å². The number of carbonyl (C=O) groups excluding carboxylic acids is 4. The quantitative estimate of drug-likeness (QED) is 0.0495. The fourth-order valence-electron chi connectivity index (χ4n) is 2.76.